The van der Waals surface area contributed by atoms with Gasteiger partial charge >= 0.3 is 13.3 Å². The van der Waals surface area contributed by atoms with E-state index in [-0.39, 0.29) is 42.8 Å². The molecule has 3 rings (SSSR count). The van der Waals surface area contributed by atoms with Crippen LogP contribution < -0.4 is 21.7 Å². The van der Waals surface area contributed by atoms with Gasteiger partial charge in [0.15, 0.2) is 0 Å². The second kappa shape index (κ2) is 16.0. The molecule has 11 nitrogen and oxygen atoms in total. The maximum Gasteiger partial charge on any atom is 0.399 e. The lowest BCUT2D eigenvalue weighted by atomic mass is 10.0. The Morgan fingerprint density at radius 2 is 1.61 bits per heavy atom. The van der Waals surface area contributed by atoms with E-state index in [2.05, 4.69) is 54.5 Å². The molecule has 0 saturated carbocycles. The molecule has 7 N–H and O–H groups in total. The van der Waals surface area contributed by atoms with Crippen LogP contribution in [0.3, 0.4) is 0 Å². The Balaban J connectivity index is 1.74. The molecule has 246 valence electrons. The van der Waals surface area contributed by atoms with Gasteiger partial charge < -0.3 is 31.5 Å². The first kappa shape index (κ1) is 37.2. The van der Waals surface area contributed by atoms with Gasteiger partial charge in [-0.2, -0.15) is 8.78 Å². The zero-order chi connectivity index (χ0) is 34.2. The second-order valence-electron chi connectivity index (χ2n) is 10.3. The molecule has 3 aromatic carbocycles. The average Bonchev–Trinajstić information content (AvgIpc) is 2.99. The van der Waals surface area contributed by atoms with Crippen molar-refractivity contribution in [3.8, 4) is 0 Å². The number of benzene rings is 3. The van der Waals surface area contributed by atoms with Gasteiger partial charge in [-0.05, 0) is 89.9 Å². The molecule has 2 atom stereocenters. The fraction of sp³-hybridized carbons (Fsp3) is 0.267. The van der Waals surface area contributed by atoms with E-state index in [0.717, 1.165) is 37.9 Å². The minimum absolute atomic E-state index is 0.0619. The van der Waals surface area contributed by atoms with Crippen LogP contribution in [0, 0.1) is 10.5 Å². The monoisotopic (exact) mass is 834 g/mol. The molecule has 3 aromatic rings. The van der Waals surface area contributed by atoms with Crippen molar-refractivity contribution >= 4 is 69.7 Å². The fourth-order valence-corrected chi connectivity index (χ4v) is 5.55. The van der Waals surface area contributed by atoms with Crippen LogP contribution in [0.1, 0.15) is 50.2 Å². The number of hydrogen-bond acceptors (Lipinski definition) is 5. The van der Waals surface area contributed by atoms with Gasteiger partial charge in [0.05, 0.1) is 0 Å². The van der Waals surface area contributed by atoms with Gasteiger partial charge in [-0.3, -0.25) is 23.7 Å². The summed E-state index contributed by atoms with van der Waals surface area (Å²) >= 11 is 5.44. The molecule has 0 aliphatic heterocycles. The highest BCUT2D eigenvalue weighted by Gasteiger charge is 2.50. The molecule has 0 heterocycles. The summed E-state index contributed by atoms with van der Waals surface area (Å²) in [7, 11) is -5.80. The van der Waals surface area contributed by atoms with Crippen molar-refractivity contribution in [3.05, 3.63) is 103 Å². The molecule has 0 aliphatic rings. The molecular weight excluding hydrogens is 804 g/mol. The number of aryl methyl sites for hydroxylation is 1. The average molecular weight is 835 g/mol. The summed E-state index contributed by atoms with van der Waals surface area (Å²) in [6.07, 6.45) is 0.104. The van der Waals surface area contributed by atoms with Crippen LogP contribution in [0.25, 0.3) is 0 Å². The Labute approximate surface area is 285 Å². The van der Waals surface area contributed by atoms with Crippen molar-refractivity contribution in [2.45, 2.75) is 43.9 Å². The smallest absolute Gasteiger partial charge is 0.368 e. The van der Waals surface area contributed by atoms with Crippen molar-refractivity contribution in [2.24, 2.45) is 5.73 Å². The van der Waals surface area contributed by atoms with Crippen LogP contribution in [-0.4, -0.2) is 52.0 Å². The topological polar surface area (TPSA) is 188 Å². The first-order valence-electron chi connectivity index (χ1n) is 13.7. The van der Waals surface area contributed by atoms with Gasteiger partial charge in [-0.1, -0.05) is 46.3 Å². The van der Waals surface area contributed by atoms with Gasteiger partial charge in [-0.25, -0.2) is 0 Å². The highest BCUT2D eigenvalue weighted by Crippen LogP contribution is 2.59. The summed E-state index contributed by atoms with van der Waals surface area (Å²) in [5.41, 5.74) is 1.89. The molecule has 0 aromatic heterocycles. The minimum atomic E-state index is -5.80. The van der Waals surface area contributed by atoms with Gasteiger partial charge in [0.1, 0.15) is 12.1 Å². The Hall–Kier alpha value is -3.24. The molecule has 0 unspecified atom stereocenters. The molecule has 4 amide bonds. The van der Waals surface area contributed by atoms with Gasteiger partial charge in [-0.15, -0.1) is 0 Å². The van der Waals surface area contributed by atoms with E-state index < -0.39 is 48.6 Å². The highest BCUT2D eigenvalue weighted by atomic mass is 127. The quantitative estimate of drug-likeness (QED) is 0.0801. The van der Waals surface area contributed by atoms with Crippen LogP contribution >= 0.6 is 46.1 Å². The Morgan fingerprint density at radius 1 is 0.957 bits per heavy atom. The van der Waals surface area contributed by atoms with E-state index in [0.29, 0.717) is 5.56 Å². The van der Waals surface area contributed by atoms with Crippen LogP contribution in [-0.2, 0) is 26.2 Å². The lowest BCUT2D eigenvalue weighted by molar-refractivity contribution is -0.128. The van der Waals surface area contributed by atoms with Crippen molar-refractivity contribution in [1.29, 1.82) is 0 Å². The molecule has 0 spiro atoms. The van der Waals surface area contributed by atoms with E-state index in [1.165, 1.54) is 6.07 Å². The first-order valence-corrected chi connectivity index (χ1v) is 17.2. The number of primary amides is 1. The molecule has 0 aliphatic carbocycles. The third kappa shape index (κ3) is 10.1. The largest absolute Gasteiger partial charge is 0.399 e. The second-order valence-corrected chi connectivity index (χ2v) is 14.1. The van der Waals surface area contributed by atoms with Crippen LogP contribution in [0.5, 0.6) is 0 Å². The highest BCUT2D eigenvalue weighted by molar-refractivity contribution is 14.1. The Kier molecular flexibility index (Phi) is 13.0. The maximum absolute atomic E-state index is 14.1. The SMILES string of the molecule is Cc1cc(C(=O)N[C@@H](Cc2ccc(C(F)(F)P(=O)(O)O)cc2)C(=O)N[C@@H](CCCNC(=O)c2cccc(I)c2)C(N)=O)ccc1Br. The van der Waals surface area contributed by atoms with E-state index in [9.17, 15) is 32.5 Å². The summed E-state index contributed by atoms with van der Waals surface area (Å²) in [5.74, 6) is -2.59. The summed E-state index contributed by atoms with van der Waals surface area (Å²) in [4.78, 5) is 69.2. The number of nitrogens with two attached hydrogens (primary N) is 1. The maximum atomic E-state index is 14.1. The zero-order valence-corrected chi connectivity index (χ0v) is 28.9. The predicted molar refractivity (Wildman–Crippen MR) is 178 cm³/mol. The van der Waals surface area contributed by atoms with E-state index >= 15 is 0 Å². The number of carbonyl (C=O) groups is 4. The molecular formula is C30H31BrF2IN4O7P. The lowest BCUT2D eigenvalue weighted by Crippen LogP contribution is -2.53. The summed E-state index contributed by atoms with van der Waals surface area (Å²) in [6.45, 7) is 1.94. The van der Waals surface area contributed by atoms with Crippen LogP contribution in [0.15, 0.2) is 71.2 Å². The van der Waals surface area contributed by atoms with E-state index in [4.69, 9.17) is 15.5 Å². The molecule has 16 heteroatoms. The number of halogens is 4. The number of carbonyl (C=O) groups excluding carboxylic acids is 4. The molecule has 0 fully saturated rings. The zero-order valence-electron chi connectivity index (χ0n) is 24.3. The van der Waals surface area contributed by atoms with Gasteiger partial charge in [0.2, 0.25) is 11.8 Å². The van der Waals surface area contributed by atoms with Gasteiger partial charge in [0.25, 0.3) is 11.8 Å². The lowest BCUT2D eigenvalue weighted by Gasteiger charge is -2.23. The van der Waals surface area contributed by atoms with Crippen molar-refractivity contribution in [3.63, 3.8) is 0 Å². The number of alkyl halides is 2. The molecule has 46 heavy (non-hydrogen) atoms. The molecule has 0 radical (unpaired) electrons. The fourth-order valence-electron chi connectivity index (χ4n) is 4.28. The van der Waals surface area contributed by atoms with Crippen molar-refractivity contribution in [1.82, 2.24) is 16.0 Å². The van der Waals surface area contributed by atoms with E-state index in [1.54, 1.807) is 37.3 Å². The summed E-state index contributed by atoms with van der Waals surface area (Å²) in [5, 5.41) is 7.86. The number of amides is 4. The third-order valence-corrected chi connectivity index (χ3v) is 9.40. The summed E-state index contributed by atoms with van der Waals surface area (Å²) in [6, 6.07) is 13.2. The molecule has 0 bridgehead atoms. The first-order chi connectivity index (χ1) is 21.5. The predicted octanol–water partition coefficient (Wildman–Crippen LogP) is 4.11. The Morgan fingerprint density at radius 3 is 2.20 bits per heavy atom. The number of nitrogens with one attached hydrogen (secondary N) is 3. The van der Waals surface area contributed by atoms with E-state index in [1.807, 2.05) is 6.07 Å². The summed E-state index contributed by atoms with van der Waals surface area (Å²) < 4.78 is 41.2. The van der Waals surface area contributed by atoms with Crippen molar-refractivity contribution in [2.75, 3.05) is 6.54 Å². The minimum Gasteiger partial charge on any atom is -0.368 e. The number of hydrogen-bond donors (Lipinski definition) is 6. The standard InChI is InChI=1S/C30H31BrF2IN4O7P/c1-17-14-20(9-12-23(17)31)28(41)38-25(15-18-7-10-21(11-8-18)30(32,33)46(43,44)45)29(42)37-24(26(35)39)6-3-13-36-27(40)19-4-2-5-22(34)16-19/h2,4-5,7-12,14,16,24-25H,3,6,13,15H2,1H3,(H2,35,39)(H,36,40)(H,37,42)(H,38,41)(H2,43,44,45)/t24-,25-/m0/s1. The normalized spacial score (nSPS) is 12.9. The van der Waals surface area contributed by atoms with Crippen molar-refractivity contribution < 1.29 is 42.3 Å². The van der Waals surface area contributed by atoms with Crippen LogP contribution in [0.2, 0.25) is 0 Å². The third-order valence-electron chi connectivity index (χ3n) is 6.85. The van der Waals surface area contributed by atoms with Gasteiger partial charge in [0, 0.05) is 37.7 Å². The number of rotatable bonds is 14. The molecule has 0 saturated heterocycles. The van der Waals surface area contributed by atoms with Crippen LogP contribution in [0.4, 0.5) is 8.78 Å². The Bertz CT molecular complexity index is 1660.